The zero-order valence-corrected chi connectivity index (χ0v) is 2.32. The topological polar surface area (TPSA) is 33.0 Å². The molecule has 0 aromatic heterocycles. The summed E-state index contributed by atoms with van der Waals surface area (Å²) < 4.78 is 3.96. The molecule has 0 aromatic rings. The zero-order chi connectivity index (χ0) is 3.41. The molecule has 24 valence electrons. The fourth-order valence-electron chi connectivity index (χ4n) is 0. The summed E-state index contributed by atoms with van der Waals surface area (Å²) in [6.07, 6.45) is 0. The van der Waals surface area contributed by atoms with Crippen molar-refractivity contribution in [1.29, 1.82) is 0 Å². The van der Waals surface area contributed by atoms with Crippen LogP contribution in [0.5, 0.6) is 0 Å². The van der Waals surface area contributed by atoms with E-state index in [0.29, 0.717) is 0 Å². The molecule has 2 nitrogen and oxygen atoms in total. The lowest BCUT2D eigenvalue weighted by atomic mass is 11.3. The van der Waals surface area contributed by atoms with E-state index in [1.165, 1.54) is 0 Å². The highest BCUT2D eigenvalue weighted by molar-refractivity contribution is 3.97. The molecule has 0 unspecified atom stereocenters. The molecule has 2 radical (unpaired) electrons. The van der Waals surface area contributed by atoms with Crippen molar-refractivity contribution < 1.29 is 4.74 Å². The second-order valence-electron chi connectivity index (χ2n) is 0.348. The summed E-state index contributed by atoms with van der Waals surface area (Å²) in [5, 5.41) is 0. The Bertz CT molecular complexity index is 8.00. The Balaban J connectivity index is 1.97. The van der Waals surface area contributed by atoms with E-state index in [-0.39, 0.29) is 6.73 Å². The average Bonchev–Trinajstić information content (AvgIpc) is 1.37. The Morgan fingerprint density at radius 2 is 2.25 bits per heavy atom. The normalized spacial score (nSPS) is 7.50. The summed E-state index contributed by atoms with van der Waals surface area (Å²) in [5.41, 5.74) is 6.17. The molecule has 0 aliphatic rings. The fourth-order valence-corrected chi connectivity index (χ4v) is 0. The van der Waals surface area contributed by atoms with E-state index >= 15 is 0 Å². The van der Waals surface area contributed by atoms with Gasteiger partial charge in [-0.15, -0.1) is 0 Å². The molecule has 4 heavy (non-hydrogen) atoms. The quantitative estimate of drug-likeness (QED) is 0.419. The molecule has 0 rings (SSSR count). The van der Waals surface area contributed by atoms with Gasteiger partial charge in [-0.1, -0.05) is 0 Å². The molecule has 0 spiro atoms. The minimum absolute atomic E-state index is 0.0417. The van der Waals surface area contributed by atoms with Gasteiger partial charge in [0.05, 0.1) is 7.11 Å². The molecule has 1 N–H and O–H groups in total. The number of hydrogen-bond donors (Lipinski definition) is 0. The minimum atomic E-state index is -0.0417. The fraction of sp³-hybridized carbons (Fsp3) is 0.500. The van der Waals surface area contributed by atoms with E-state index in [1.54, 1.807) is 0 Å². The van der Waals surface area contributed by atoms with Crippen molar-refractivity contribution >= 4 is 0 Å². The van der Waals surface area contributed by atoms with Crippen LogP contribution in [0.1, 0.15) is 0 Å². The molecule has 2 heteroatoms. The van der Waals surface area contributed by atoms with Crippen molar-refractivity contribution in [2.45, 2.75) is 0 Å². The van der Waals surface area contributed by atoms with Gasteiger partial charge < -0.3 is 4.74 Å². The third-order valence-corrected chi connectivity index (χ3v) is 0.102. The van der Waals surface area contributed by atoms with Crippen molar-refractivity contribution in [1.82, 2.24) is 5.73 Å². The monoisotopic (exact) mass is 59.0 g/mol. The van der Waals surface area contributed by atoms with E-state index < -0.39 is 0 Å². The van der Waals surface area contributed by atoms with Crippen molar-refractivity contribution in [3.63, 3.8) is 0 Å². The standard InChI is InChI=1S/C2H5NO/c1-4-2-3/h3H,1-2H2. The van der Waals surface area contributed by atoms with Gasteiger partial charge >= 0.3 is 0 Å². The lowest BCUT2D eigenvalue weighted by molar-refractivity contribution is 0.246. The van der Waals surface area contributed by atoms with E-state index in [2.05, 4.69) is 11.8 Å². The minimum Gasteiger partial charge on any atom is -0.363 e. The molecule has 0 fully saturated rings. The van der Waals surface area contributed by atoms with Crippen LogP contribution < -0.4 is 5.73 Å². The van der Waals surface area contributed by atoms with Gasteiger partial charge in [0.15, 0.2) is 0 Å². The molecular formula is C2H5NO. The molecule has 0 bridgehead atoms. The van der Waals surface area contributed by atoms with Crippen LogP contribution in [0.4, 0.5) is 0 Å². The third kappa shape index (κ3) is 1.92. The predicted octanol–water partition coefficient (Wildman–Crippen LogP) is 0.0350. The smallest absolute Gasteiger partial charge is 0.109 e. The van der Waals surface area contributed by atoms with Crippen LogP contribution in [-0.4, -0.2) is 6.73 Å². The number of rotatable bonds is 1. The highest BCUT2D eigenvalue weighted by Crippen LogP contribution is 1.49. The summed E-state index contributed by atoms with van der Waals surface area (Å²) in [6.45, 7) is -0.0417. The maximum Gasteiger partial charge on any atom is 0.109 e. The van der Waals surface area contributed by atoms with Gasteiger partial charge in [0, 0.05) is 0 Å². The van der Waals surface area contributed by atoms with Crippen molar-refractivity contribution in [3.05, 3.63) is 7.11 Å². The van der Waals surface area contributed by atoms with Gasteiger partial charge in [0.25, 0.3) is 0 Å². The average molecular weight is 59.1 g/mol. The first-order valence-electron chi connectivity index (χ1n) is 0.931. The maximum absolute atomic E-state index is 6.17. The van der Waals surface area contributed by atoms with Gasteiger partial charge in [0.1, 0.15) is 6.73 Å². The van der Waals surface area contributed by atoms with Gasteiger partial charge in [0.2, 0.25) is 0 Å². The molecule has 0 amide bonds. The molecular weight excluding hydrogens is 54.0 g/mol. The van der Waals surface area contributed by atoms with Gasteiger partial charge in [-0.05, 0) is 0 Å². The Kier molecular flexibility index (Phi) is 2.86. The SMILES string of the molecule is [CH2]OC[NH]. The van der Waals surface area contributed by atoms with Gasteiger partial charge in [-0.25, -0.2) is 5.73 Å². The van der Waals surface area contributed by atoms with Gasteiger partial charge in [-0.3, -0.25) is 0 Å². The molecule has 0 aliphatic heterocycles. The largest absolute Gasteiger partial charge is 0.363 e. The first-order valence-corrected chi connectivity index (χ1v) is 0.931. The first-order chi connectivity index (χ1) is 1.91. The molecule has 0 saturated carbocycles. The Morgan fingerprint density at radius 1 is 2.00 bits per heavy atom. The van der Waals surface area contributed by atoms with E-state index in [4.69, 9.17) is 5.73 Å². The van der Waals surface area contributed by atoms with E-state index in [1.807, 2.05) is 0 Å². The predicted molar refractivity (Wildman–Crippen MR) is 14.4 cm³/mol. The number of ether oxygens (including phenoxy) is 1. The Hall–Kier alpha value is -0.0800. The van der Waals surface area contributed by atoms with Gasteiger partial charge in [-0.2, -0.15) is 0 Å². The highest BCUT2D eigenvalue weighted by atomic mass is 16.5. The summed E-state index contributed by atoms with van der Waals surface area (Å²) >= 11 is 0. The maximum atomic E-state index is 6.17. The van der Waals surface area contributed by atoms with Crippen LogP contribution in [0.15, 0.2) is 0 Å². The third-order valence-electron chi connectivity index (χ3n) is 0.102. The molecule has 0 aromatic carbocycles. The molecule has 0 atom stereocenters. The van der Waals surface area contributed by atoms with E-state index in [9.17, 15) is 0 Å². The number of hydrogen-bond acceptors (Lipinski definition) is 1. The second-order valence-corrected chi connectivity index (χ2v) is 0.348. The Labute approximate surface area is 25.6 Å². The van der Waals surface area contributed by atoms with Crippen LogP contribution in [0.2, 0.25) is 0 Å². The lowest BCUT2D eigenvalue weighted by Crippen LogP contribution is -1.80. The van der Waals surface area contributed by atoms with Crippen LogP contribution in [-0.2, 0) is 4.74 Å². The number of nitrogens with one attached hydrogen (secondary N) is 1. The van der Waals surface area contributed by atoms with Crippen molar-refractivity contribution in [2.24, 2.45) is 0 Å². The van der Waals surface area contributed by atoms with Crippen LogP contribution in [0, 0.1) is 7.11 Å². The summed E-state index contributed by atoms with van der Waals surface area (Å²) in [4.78, 5) is 0. The van der Waals surface area contributed by atoms with E-state index in [0.717, 1.165) is 0 Å². The molecule has 0 saturated heterocycles. The highest BCUT2D eigenvalue weighted by Gasteiger charge is 1.52. The molecule has 0 heterocycles. The second kappa shape index (κ2) is 2.92. The Morgan fingerprint density at radius 3 is 2.25 bits per heavy atom. The van der Waals surface area contributed by atoms with Crippen molar-refractivity contribution in [3.8, 4) is 0 Å². The van der Waals surface area contributed by atoms with Crippen LogP contribution in [0.3, 0.4) is 0 Å². The van der Waals surface area contributed by atoms with Crippen LogP contribution in [0.25, 0.3) is 0 Å². The summed E-state index contributed by atoms with van der Waals surface area (Å²) in [6, 6.07) is 0. The zero-order valence-electron chi connectivity index (χ0n) is 2.32. The first kappa shape index (κ1) is 3.92. The lowest BCUT2D eigenvalue weighted by Gasteiger charge is -1.75. The van der Waals surface area contributed by atoms with Crippen LogP contribution >= 0.6 is 0 Å². The summed E-state index contributed by atoms with van der Waals surface area (Å²) in [5.74, 6) is 0. The van der Waals surface area contributed by atoms with Crippen molar-refractivity contribution in [2.75, 3.05) is 6.73 Å². The summed E-state index contributed by atoms with van der Waals surface area (Å²) in [7, 11) is 2.92. The molecule has 0 aliphatic carbocycles.